The predicted octanol–water partition coefficient (Wildman–Crippen LogP) is 5.03. The molecule has 0 unspecified atom stereocenters. The van der Waals surface area contributed by atoms with Crippen molar-refractivity contribution >= 4 is 11.6 Å². The average molecular weight is 417 g/mol. The molecule has 2 aromatic carbocycles. The molecule has 0 aliphatic rings. The fraction of sp³-hybridized carbons (Fsp3) is 0.273. The molecule has 1 N–H and O–H groups in total. The minimum Gasteiger partial charge on any atom is -0.467 e. The number of aryl methyl sites for hydroxylation is 2. The number of aromatic nitrogens is 2. The van der Waals surface area contributed by atoms with Crippen molar-refractivity contribution in [2.75, 3.05) is 11.9 Å². The molecular weight excluding hydrogens is 395 g/mol. The first kappa shape index (κ1) is 21.4. The molecule has 0 atom stereocenters. The highest BCUT2D eigenvalue weighted by molar-refractivity contribution is 5.91. The Morgan fingerprint density at radius 2 is 1.77 bits per heavy atom. The monoisotopic (exact) mass is 417 g/mol. The Morgan fingerprint density at radius 1 is 1.07 bits per heavy atom. The van der Waals surface area contributed by atoms with E-state index in [2.05, 4.69) is 10.4 Å². The summed E-state index contributed by atoms with van der Waals surface area (Å²) < 4.78 is 46.2. The summed E-state index contributed by atoms with van der Waals surface area (Å²) in [5, 5.41) is 6.34. The van der Waals surface area contributed by atoms with E-state index in [-0.39, 0.29) is 5.88 Å². The van der Waals surface area contributed by atoms with Gasteiger partial charge in [0.25, 0.3) is 5.91 Å². The number of anilines is 1. The first-order valence-corrected chi connectivity index (χ1v) is 9.59. The van der Waals surface area contributed by atoms with E-state index in [0.29, 0.717) is 17.8 Å². The van der Waals surface area contributed by atoms with Crippen LogP contribution in [0.5, 0.6) is 5.88 Å². The predicted molar refractivity (Wildman–Crippen MR) is 108 cm³/mol. The Bertz CT molecular complexity index is 1010. The van der Waals surface area contributed by atoms with Gasteiger partial charge in [-0.2, -0.15) is 18.3 Å². The molecule has 0 radical (unpaired) electrons. The fourth-order valence-electron chi connectivity index (χ4n) is 2.95. The number of benzene rings is 2. The third-order valence-corrected chi connectivity index (χ3v) is 4.56. The van der Waals surface area contributed by atoms with E-state index >= 15 is 0 Å². The molecule has 0 bridgehead atoms. The van der Waals surface area contributed by atoms with E-state index in [1.165, 1.54) is 0 Å². The summed E-state index contributed by atoms with van der Waals surface area (Å²) in [5.41, 5.74) is 1.91. The van der Waals surface area contributed by atoms with Crippen molar-refractivity contribution in [2.45, 2.75) is 32.9 Å². The van der Waals surface area contributed by atoms with Crippen molar-refractivity contribution in [2.24, 2.45) is 0 Å². The Hall–Kier alpha value is -3.29. The van der Waals surface area contributed by atoms with Gasteiger partial charge in [-0.05, 0) is 42.2 Å². The molecule has 0 saturated heterocycles. The third kappa shape index (κ3) is 5.00. The van der Waals surface area contributed by atoms with E-state index < -0.39 is 24.4 Å². The lowest BCUT2D eigenvalue weighted by Crippen LogP contribution is -2.21. The number of para-hydroxylation sites is 1. The Kier molecular flexibility index (Phi) is 6.44. The van der Waals surface area contributed by atoms with Gasteiger partial charge in [0, 0.05) is 11.8 Å². The van der Waals surface area contributed by atoms with Gasteiger partial charge in [0.15, 0.2) is 12.3 Å². The van der Waals surface area contributed by atoms with Gasteiger partial charge in [0.05, 0.1) is 5.69 Å². The average Bonchev–Trinajstić information content (AvgIpc) is 3.17. The van der Waals surface area contributed by atoms with Crippen molar-refractivity contribution in [3.8, 4) is 11.6 Å². The zero-order chi connectivity index (χ0) is 21.7. The first-order chi connectivity index (χ1) is 14.3. The molecule has 158 valence electrons. The fourth-order valence-corrected chi connectivity index (χ4v) is 2.95. The molecule has 3 aromatic rings. The van der Waals surface area contributed by atoms with Crippen LogP contribution in [0.1, 0.15) is 30.7 Å². The topological polar surface area (TPSA) is 56.1 Å². The smallest absolute Gasteiger partial charge is 0.435 e. The molecule has 0 aliphatic carbocycles. The van der Waals surface area contributed by atoms with E-state index in [1.54, 1.807) is 36.4 Å². The summed E-state index contributed by atoms with van der Waals surface area (Å²) >= 11 is 0. The number of halogens is 3. The second kappa shape index (κ2) is 9.02. The number of nitrogens with one attached hydrogen (secondary N) is 1. The minimum atomic E-state index is -4.63. The van der Waals surface area contributed by atoms with Crippen LogP contribution in [-0.4, -0.2) is 22.3 Å². The van der Waals surface area contributed by atoms with Gasteiger partial charge < -0.3 is 10.1 Å². The molecule has 0 saturated carbocycles. The zero-order valence-electron chi connectivity index (χ0n) is 16.7. The summed E-state index contributed by atoms with van der Waals surface area (Å²) in [6, 6.07) is 15.1. The van der Waals surface area contributed by atoms with Crippen molar-refractivity contribution in [3.05, 3.63) is 71.4 Å². The van der Waals surface area contributed by atoms with Gasteiger partial charge in [-0.1, -0.05) is 44.2 Å². The summed E-state index contributed by atoms with van der Waals surface area (Å²) in [6.07, 6.45) is -3.15. The molecule has 1 heterocycles. The number of hydrogen-bond acceptors (Lipinski definition) is 3. The highest BCUT2D eigenvalue weighted by Crippen LogP contribution is 2.32. The molecule has 0 fully saturated rings. The molecule has 1 amide bonds. The van der Waals surface area contributed by atoms with Crippen LogP contribution in [0, 0.1) is 0 Å². The molecular formula is C22H22F3N3O2. The third-order valence-electron chi connectivity index (χ3n) is 4.56. The molecule has 3 rings (SSSR count). The first-order valence-electron chi connectivity index (χ1n) is 9.59. The van der Waals surface area contributed by atoms with E-state index in [1.807, 2.05) is 26.0 Å². The van der Waals surface area contributed by atoms with Crippen LogP contribution in [0.15, 0.2) is 54.6 Å². The number of carbonyl (C=O) groups is 1. The Morgan fingerprint density at radius 3 is 2.40 bits per heavy atom. The van der Waals surface area contributed by atoms with Crippen LogP contribution in [0.4, 0.5) is 18.9 Å². The standard InChI is InChI=1S/C22H22F3N3O2/c1-3-15-9-11-17(12-10-15)26-20(29)14-30-21-13-19(22(23,24)25)27-28(21)18-8-6-5-7-16(18)4-2/h5-13H,3-4,14H2,1-2H3,(H,26,29). The van der Waals surface area contributed by atoms with Gasteiger partial charge in [-0.25, -0.2) is 4.68 Å². The quantitative estimate of drug-likeness (QED) is 0.586. The summed E-state index contributed by atoms with van der Waals surface area (Å²) in [4.78, 5) is 12.2. The van der Waals surface area contributed by atoms with Crippen molar-refractivity contribution in [1.82, 2.24) is 9.78 Å². The van der Waals surface area contributed by atoms with Crippen LogP contribution < -0.4 is 10.1 Å². The summed E-state index contributed by atoms with van der Waals surface area (Å²) in [7, 11) is 0. The molecule has 0 aliphatic heterocycles. The van der Waals surface area contributed by atoms with Crippen LogP contribution in [0.3, 0.4) is 0 Å². The normalized spacial score (nSPS) is 11.4. The SMILES string of the molecule is CCc1ccc(NC(=O)COc2cc(C(F)(F)F)nn2-c2ccccc2CC)cc1. The molecule has 30 heavy (non-hydrogen) atoms. The van der Waals surface area contributed by atoms with Gasteiger partial charge in [0.2, 0.25) is 5.88 Å². The van der Waals surface area contributed by atoms with Gasteiger partial charge in [0.1, 0.15) is 0 Å². The highest BCUT2D eigenvalue weighted by Gasteiger charge is 2.35. The zero-order valence-corrected chi connectivity index (χ0v) is 16.7. The second-order valence-electron chi connectivity index (χ2n) is 6.65. The van der Waals surface area contributed by atoms with Crippen LogP contribution in [0.25, 0.3) is 5.69 Å². The molecule has 0 spiro atoms. The van der Waals surface area contributed by atoms with Gasteiger partial charge >= 0.3 is 6.18 Å². The number of rotatable bonds is 7. The molecule has 5 nitrogen and oxygen atoms in total. The van der Waals surface area contributed by atoms with E-state index in [4.69, 9.17) is 4.74 Å². The molecule has 1 aromatic heterocycles. The van der Waals surface area contributed by atoms with E-state index in [0.717, 1.165) is 28.3 Å². The van der Waals surface area contributed by atoms with Crippen molar-refractivity contribution in [1.29, 1.82) is 0 Å². The summed E-state index contributed by atoms with van der Waals surface area (Å²) in [6.45, 7) is 3.47. The van der Waals surface area contributed by atoms with Gasteiger partial charge in [-0.3, -0.25) is 4.79 Å². The lowest BCUT2D eigenvalue weighted by atomic mass is 10.1. The van der Waals surface area contributed by atoms with Gasteiger partial charge in [-0.15, -0.1) is 0 Å². The largest absolute Gasteiger partial charge is 0.467 e. The van der Waals surface area contributed by atoms with Crippen molar-refractivity contribution < 1.29 is 22.7 Å². The lowest BCUT2D eigenvalue weighted by molar-refractivity contribution is -0.141. The van der Waals surface area contributed by atoms with Crippen LogP contribution in [0.2, 0.25) is 0 Å². The maximum Gasteiger partial charge on any atom is 0.435 e. The Balaban J connectivity index is 1.80. The van der Waals surface area contributed by atoms with E-state index in [9.17, 15) is 18.0 Å². The van der Waals surface area contributed by atoms with Crippen LogP contribution >= 0.6 is 0 Å². The lowest BCUT2D eigenvalue weighted by Gasteiger charge is -2.12. The Labute approximate surface area is 172 Å². The maximum atomic E-state index is 13.2. The number of amides is 1. The highest BCUT2D eigenvalue weighted by atomic mass is 19.4. The number of hydrogen-bond donors (Lipinski definition) is 1. The second-order valence-corrected chi connectivity index (χ2v) is 6.65. The summed E-state index contributed by atoms with van der Waals surface area (Å²) in [5.74, 6) is -0.635. The van der Waals surface area contributed by atoms with Crippen molar-refractivity contribution in [3.63, 3.8) is 0 Å². The number of alkyl halides is 3. The number of nitrogens with zero attached hydrogens (tertiary/aromatic N) is 2. The molecule has 8 heteroatoms. The van der Waals surface area contributed by atoms with Crippen LogP contribution in [-0.2, 0) is 23.8 Å². The number of ether oxygens (including phenoxy) is 1. The maximum absolute atomic E-state index is 13.2. The number of carbonyl (C=O) groups excluding carboxylic acids is 1. The minimum absolute atomic E-state index is 0.153.